The molecule has 0 aliphatic carbocycles. The standard InChI is InChI=1S/C33H26NO2.C21H28N.Ir/c1-19-18-34-28(14-21(19)17-33(2,3)4)25-11-7-10-23-26-15-30-27(16-29(26)36-32(23)25)24-13-12-20-8-5-6-9-22(20)31(24)35-30;1-20(2,3)13-17-12-19(16-10-8-7-9-11-16)22-15-18(17)14-21(4,5)6;/h5-10,12-16,18H,17H2,1-4H3;7-10,12,15H,13-14H2,1-6H3;/q2*-1;/i1D3,17D;13D2,14D2;. The minimum atomic E-state index is -2.37. The molecule has 5 aromatic carbocycles. The van der Waals surface area contributed by atoms with Crippen molar-refractivity contribution in [2.45, 2.75) is 88.3 Å². The number of hydrogen-bond acceptors (Lipinski definition) is 4. The molecular formula is C54H54IrN2O2-2. The summed E-state index contributed by atoms with van der Waals surface area (Å²) < 4.78 is 80.6. The largest absolute Gasteiger partial charge is 0.501 e. The van der Waals surface area contributed by atoms with Crippen molar-refractivity contribution in [1.29, 1.82) is 0 Å². The van der Waals surface area contributed by atoms with Gasteiger partial charge >= 0.3 is 0 Å². The monoisotopic (exact) mass is 963 g/mol. The van der Waals surface area contributed by atoms with Gasteiger partial charge in [0.25, 0.3) is 0 Å². The van der Waals surface area contributed by atoms with Crippen LogP contribution in [0.4, 0.5) is 0 Å². The van der Waals surface area contributed by atoms with Crippen LogP contribution in [0.5, 0.6) is 0 Å². The van der Waals surface area contributed by atoms with Gasteiger partial charge in [0, 0.05) is 65.0 Å². The molecule has 1 atom stereocenters. The van der Waals surface area contributed by atoms with Crippen molar-refractivity contribution >= 4 is 54.6 Å². The van der Waals surface area contributed by atoms with E-state index in [1.165, 1.54) is 12.4 Å². The number of fused-ring (bicyclic) bond motifs is 8. The van der Waals surface area contributed by atoms with Gasteiger partial charge in [-0.05, 0) is 93.9 Å². The van der Waals surface area contributed by atoms with E-state index in [0.29, 0.717) is 44.8 Å². The SMILES string of the molecule is [2H]C([2H])(c1cnc(-c2[c-]cccc2)cc1C([2H])([2H])C(C)(C)C)C(C)(C)C.[2H]C(c1cc(-c2[c-]ccc3c2oc2cc4c(cc23)oc2c3ccccc3ccc42)ncc1C([2H])([2H])[2H])C(C)(C)C.[Ir]. The van der Waals surface area contributed by atoms with E-state index in [-0.39, 0.29) is 25.7 Å². The maximum Gasteiger partial charge on any atom is 0.143 e. The van der Waals surface area contributed by atoms with Gasteiger partial charge in [0.05, 0.1) is 5.58 Å². The van der Waals surface area contributed by atoms with Crippen molar-refractivity contribution in [3.05, 3.63) is 144 Å². The van der Waals surface area contributed by atoms with Crippen LogP contribution in [0, 0.1) is 35.2 Å². The Morgan fingerprint density at radius 1 is 0.576 bits per heavy atom. The van der Waals surface area contributed by atoms with Crippen LogP contribution < -0.4 is 0 Å². The van der Waals surface area contributed by atoms with Crippen LogP contribution in [0.3, 0.4) is 0 Å². The van der Waals surface area contributed by atoms with E-state index in [9.17, 15) is 0 Å². The third-order valence-corrected chi connectivity index (χ3v) is 9.60. The zero-order valence-corrected chi connectivity index (χ0v) is 37.4. The van der Waals surface area contributed by atoms with E-state index >= 15 is 0 Å². The Hall–Kier alpha value is -5.09. The second-order valence-electron chi connectivity index (χ2n) is 18.1. The first-order valence-electron chi connectivity index (χ1n) is 23.8. The molecule has 0 aliphatic heterocycles. The van der Waals surface area contributed by atoms with E-state index in [0.717, 1.165) is 49.0 Å². The smallest absolute Gasteiger partial charge is 0.143 e. The Balaban J connectivity index is 0.000000216. The summed E-state index contributed by atoms with van der Waals surface area (Å²) in [6.07, 6.45) is -1.33. The van der Waals surface area contributed by atoms with Crippen molar-refractivity contribution < 1.29 is 39.9 Å². The average Bonchev–Trinajstić information content (AvgIpc) is 3.81. The first-order chi connectivity index (χ1) is 30.7. The number of benzene rings is 5. The van der Waals surface area contributed by atoms with E-state index in [1.54, 1.807) is 18.2 Å². The molecule has 4 aromatic heterocycles. The normalized spacial score (nSPS) is 15.5. The summed E-state index contributed by atoms with van der Waals surface area (Å²) in [7, 11) is 0. The average molecular weight is 963 g/mol. The van der Waals surface area contributed by atoms with E-state index in [1.807, 2.05) is 117 Å². The third kappa shape index (κ3) is 9.23. The van der Waals surface area contributed by atoms with Crippen LogP contribution in [-0.2, 0) is 39.2 Å². The van der Waals surface area contributed by atoms with Gasteiger partial charge in [-0.3, -0.25) is 0 Å². The predicted molar refractivity (Wildman–Crippen MR) is 243 cm³/mol. The number of hydrogen-bond donors (Lipinski definition) is 0. The van der Waals surface area contributed by atoms with Crippen molar-refractivity contribution in [2.24, 2.45) is 16.2 Å². The van der Waals surface area contributed by atoms with Gasteiger partial charge in [-0.1, -0.05) is 121 Å². The zero-order chi connectivity index (χ0) is 47.9. The minimum Gasteiger partial charge on any atom is -0.501 e. The van der Waals surface area contributed by atoms with E-state index in [4.69, 9.17) is 19.8 Å². The molecule has 0 saturated heterocycles. The topological polar surface area (TPSA) is 52.1 Å². The molecule has 5 heteroatoms. The fourth-order valence-corrected chi connectivity index (χ4v) is 7.29. The molecule has 0 N–H and O–H groups in total. The Morgan fingerprint density at radius 3 is 1.90 bits per heavy atom. The predicted octanol–water partition coefficient (Wildman–Crippen LogP) is 15.1. The molecule has 0 fully saturated rings. The van der Waals surface area contributed by atoms with Crippen LogP contribution in [0.1, 0.15) is 95.5 Å². The first-order valence-corrected chi connectivity index (χ1v) is 19.7. The third-order valence-electron chi connectivity index (χ3n) is 9.60. The summed E-state index contributed by atoms with van der Waals surface area (Å²) in [5.41, 5.74) is 4.81. The number of rotatable bonds is 5. The fourth-order valence-electron chi connectivity index (χ4n) is 7.29. The molecule has 59 heavy (non-hydrogen) atoms. The van der Waals surface area contributed by atoms with Crippen LogP contribution in [0.25, 0.3) is 77.2 Å². The molecule has 4 nitrogen and oxygen atoms in total. The van der Waals surface area contributed by atoms with Crippen LogP contribution in [-0.4, -0.2) is 9.97 Å². The molecule has 1 radical (unpaired) electrons. The Kier molecular flexibility index (Phi) is 8.97. The molecule has 0 aliphatic rings. The Morgan fingerprint density at radius 2 is 1.22 bits per heavy atom. The van der Waals surface area contributed by atoms with Gasteiger partial charge in [0.2, 0.25) is 0 Å². The number of aryl methyl sites for hydroxylation is 1. The van der Waals surface area contributed by atoms with E-state index < -0.39 is 42.2 Å². The fraction of sp³-hybridized carbons (Fsp3) is 0.296. The quantitative estimate of drug-likeness (QED) is 0.161. The summed E-state index contributed by atoms with van der Waals surface area (Å²) in [5.74, 6) is 0. The van der Waals surface area contributed by atoms with Crippen molar-refractivity contribution in [3.63, 3.8) is 0 Å². The van der Waals surface area contributed by atoms with Crippen LogP contribution >= 0.6 is 0 Å². The molecule has 1 unspecified atom stereocenters. The number of nitrogens with zero attached hydrogens (tertiary/aromatic N) is 2. The second-order valence-corrected chi connectivity index (χ2v) is 18.1. The van der Waals surface area contributed by atoms with Gasteiger partial charge in [-0.25, -0.2) is 0 Å². The Bertz CT molecular complexity index is 3280. The Labute approximate surface area is 374 Å². The van der Waals surface area contributed by atoms with Crippen molar-refractivity contribution in [3.8, 4) is 22.5 Å². The second kappa shape index (κ2) is 16.2. The van der Waals surface area contributed by atoms with Crippen molar-refractivity contribution in [2.75, 3.05) is 0 Å². The summed E-state index contributed by atoms with van der Waals surface area (Å²) in [6, 6.07) is 37.4. The zero-order valence-electron chi connectivity index (χ0n) is 43.0. The molecule has 0 bridgehead atoms. The maximum atomic E-state index is 8.85. The van der Waals surface area contributed by atoms with Gasteiger partial charge < -0.3 is 18.8 Å². The molecule has 303 valence electrons. The molecular weight excluding hydrogens is 901 g/mol. The number of pyridine rings is 2. The van der Waals surface area contributed by atoms with Gasteiger partial charge in [-0.2, -0.15) is 0 Å². The minimum absolute atomic E-state index is 0. The van der Waals surface area contributed by atoms with Gasteiger partial charge in [0.1, 0.15) is 16.7 Å². The summed E-state index contributed by atoms with van der Waals surface area (Å²) in [5, 5.41) is 5.99. The van der Waals surface area contributed by atoms with E-state index in [2.05, 4.69) is 46.4 Å². The summed E-state index contributed by atoms with van der Waals surface area (Å²) in [6.45, 7) is 14.4. The summed E-state index contributed by atoms with van der Waals surface area (Å²) in [4.78, 5) is 8.97. The van der Waals surface area contributed by atoms with Crippen LogP contribution in [0.2, 0.25) is 0 Å². The first kappa shape index (κ1) is 32.7. The molecule has 9 rings (SSSR count). The van der Waals surface area contributed by atoms with Gasteiger partial charge in [0.15, 0.2) is 0 Å². The molecule has 0 spiro atoms. The van der Waals surface area contributed by atoms with Crippen molar-refractivity contribution in [1.82, 2.24) is 9.97 Å². The van der Waals surface area contributed by atoms with Crippen LogP contribution in [0.15, 0.2) is 118 Å². The molecule has 9 aromatic rings. The summed E-state index contributed by atoms with van der Waals surface area (Å²) >= 11 is 0. The maximum absolute atomic E-state index is 8.85. The number of furan rings is 2. The molecule has 0 amide bonds. The number of aromatic nitrogens is 2. The molecule has 0 saturated carbocycles. The molecule has 4 heterocycles. The van der Waals surface area contributed by atoms with Gasteiger partial charge in [-0.15, -0.1) is 54.1 Å².